The van der Waals surface area contributed by atoms with Crippen molar-refractivity contribution in [2.24, 2.45) is 0 Å². The van der Waals surface area contributed by atoms with Crippen LogP contribution in [0.3, 0.4) is 0 Å². The van der Waals surface area contributed by atoms with Crippen LogP contribution in [0.5, 0.6) is 5.75 Å². The Morgan fingerprint density at radius 2 is 2.18 bits per heavy atom. The first-order chi connectivity index (χ1) is 8.33. The van der Waals surface area contributed by atoms with Gasteiger partial charge >= 0.3 is 0 Å². The minimum absolute atomic E-state index is 0.379. The number of rotatable bonds is 8. The van der Waals surface area contributed by atoms with Gasteiger partial charge in [-0.1, -0.05) is 33.1 Å². The van der Waals surface area contributed by atoms with E-state index in [1.807, 2.05) is 6.20 Å². The summed E-state index contributed by atoms with van der Waals surface area (Å²) in [4.78, 5) is 4.10. The van der Waals surface area contributed by atoms with Gasteiger partial charge < -0.3 is 10.1 Å². The molecule has 1 heterocycles. The van der Waals surface area contributed by atoms with Crippen LogP contribution in [0, 0.1) is 0 Å². The van der Waals surface area contributed by atoms with Crippen molar-refractivity contribution in [1.29, 1.82) is 0 Å². The van der Waals surface area contributed by atoms with E-state index in [-0.39, 0.29) is 0 Å². The highest BCUT2D eigenvalue weighted by Crippen LogP contribution is 2.27. The summed E-state index contributed by atoms with van der Waals surface area (Å²) < 4.78 is 5.38. The van der Waals surface area contributed by atoms with Gasteiger partial charge in [0.05, 0.1) is 13.3 Å². The Bertz CT molecular complexity index is 315. The van der Waals surface area contributed by atoms with Crippen molar-refractivity contribution in [3.63, 3.8) is 0 Å². The first-order valence-electron chi connectivity index (χ1n) is 6.54. The van der Waals surface area contributed by atoms with Gasteiger partial charge in [-0.15, -0.1) is 0 Å². The van der Waals surface area contributed by atoms with Gasteiger partial charge in [-0.3, -0.25) is 4.98 Å². The molecule has 0 aliphatic carbocycles. The summed E-state index contributed by atoms with van der Waals surface area (Å²) in [5.41, 5.74) is 1.22. The predicted molar refractivity (Wildman–Crippen MR) is 71.3 cm³/mol. The van der Waals surface area contributed by atoms with Crippen LogP contribution in [0.15, 0.2) is 18.5 Å². The molecular formula is C14H24N2O. The normalized spacial score (nSPS) is 12.4. The maximum absolute atomic E-state index is 5.38. The first kappa shape index (κ1) is 14.0. The summed E-state index contributed by atoms with van der Waals surface area (Å²) in [6, 6.07) is 2.43. The third-order valence-corrected chi connectivity index (χ3v) is 2.96. The molecule has 0 aliphatic rings. The zero-order valence-electron chi connectivity index (χ0n) is 11.2. The van der Waals surface area contributed by atoms with E-state index in [1.165, 1.54) is 24.8 Å². The van der Waals surface area contributed by atoms with E-state index in [2.05, 4.69) is 30.2 Å². The molecule has 0 aliphatic heterocycles. The number of nitrogens with one attached hydrogen (secondary N) is 1. The summed E-state index contributed by atoms with van der Waals surface area (Å²) >= 11 is 0. The second-order valence-corrected chi connectivity index (χ2v) is 4.22. The van der Waals surface area contributed by atoms with E-state index < -0.39 is 0 Å². The molecule has 1 rings (SSSR count). The van der Waals surface area contributed by atoms with E-state index in [0.29, 0.717) is 6.04 Å². The summed E-state index contributed by atoms with van der Waals surface area (Å²) in [5.74, 6) is 0.884. The molecule has 1 atom stereocenters. The number of methoxy groups -OCH3 is 1. The van der Waals surface area contributed by atoms with Crippen LogP contribution in [0.2, 0.25) is 0 Å². The van der Waals surface area contributed by atoms with Crippen molar-refractivity contribution in [2.45, 2.75) is 45.6 Å². The Morgan fingerprint density at radius 1 is 1.35 bits per heavy atom. The molecule has 17 heavy (non-hydrogen) atoms. The van der Waals surface area contributed by atoms with Crippen molar-refractivity contribution in [3.8, 4) is 5.75 Å². The van der Waals surface area contributed by atoms with Gasteiger partial charge in [-0.2, -0.15) is 0 Å². The Kier molecular flexibility index (Phi) is 6.63. The molecule has 1 unspecified atom stereocenters. The molecule has 0 saturated carbocycles. The van der Waals surface area contributed by atoms with Gasteiger partial charge in [0, 0.05) is 17.8 Å². The van der Waals surface area contributed by atoms with E-state index in [0.717, 1.165) is 18.7 Å². The monoisotopic (exact) mass is 236 g/mol. The van der Waals surface area contributed by atoms with Crippen LogP contribution in [0.25, 0.3) is 0 Å². The lowest BCUT2D eigenvalue weighted by molar-refractivity contribution is 0.391. The average molecular weight is 236 g/mol. The van der Waals surface area contributed by atoms with Crippen LogP contribution in [-0.2, 0) is 0 Å². The van der Waals surface area contributed by atoms with Gasteiger partial charge in [-0.25, -0.2) is 0 Å². The zero-order valence-corrected chi connectivity index (χ0v) is 11.2. The van der Waals surface area contributed by atoms with Crippen molar-refractivity contribution in [3.05, 3.63) is 24.0 Å². The molecule has 0 saturated heterocycles. The molecule has 0 spiro atoms. The fraction of sp³-hybridized carbons (Fsp3) is 0.643. The Hall–Kier alpha value is -1.09. The molecule has 3 heteroatoms. The lowest BCUT2D eigenvalue weighted by Gasteiger charge is -2.20. The van der Waals surface area contributed by atoms with Crippen LogP contribution >= 0.6 is 0 Å². The molecule has 0 bridgehead atoms. The highest BCUT2D eigenvalue weighted by molar-refractivity contribution is 5.32. The lowest BCUT2D eigenvalue weighted by atomic mass is 10.0. The molecule has 0 aromatic carbocycles. The predicted octanol–water partition coefficient (Wildman–Crippen LogP) is 3.32. The fourth-order valence-electron chi connectivity index (χ4n) is 2.06. The van der Waals surface area contributed by atoms with E-state index in [1.54, 1.807) is 13.3 Å². The lowest BCUT2D eigenvalue weighted by Crippen LogP contribution is -2.21. The molecule has 96 valence electrons. The fourth-order valence-corrected chi connectivity index (χ4v) is 2.06. The smallest absolute Gasteiger partial charge is 0.141 e. The van der Waals surface area contributed by atoms with Crippen LogP contribution in [0.1, 0.15) is 51.1 Å². The molecule has 3 nitrogen and oxygen atoms in total. The third-order valence-electron chi connectivity index (χ3n) is 2.96. The van der Waals surface area contributed by atoms with Gasteiger partial charge in [-0.05, 0) is 19.0 Å². The van der Waals surface area contributed by atoms with E-state index >= 15 is 0 Å². The number of hydrogen-bond acceptors (Lipinski definition) is 3. The van der Waals surface area contributed by atoms with Crippen LogP contribution in [-0.4, -0.2) is 18.6 Å². The van der Waals surface area contributed by atoms with Gasteiger partial charge in [0.15, 0.2) is 0 Å². The standard InChI is InChI=1S/C14H24N2O/c1-4-6-7-8-13(16-5-2)12-9-10-15-11-14(12)17-3/h9-11,13,16H,4-8H2,1-3H3. The average Bonchev–Trinajstić information content (AvgIpc) is 2.38. The van der Waals surface area contributed by atoms with Crippen molar-refractivity contribution in [2.75, 3.05) is 13.7 Å². The summed E-state index contributed by atoms with van der Waals surface area (Å²) in [6.45, 7) is 5.35. The molecule has 0 radical (unpaired) electrons. The quantitative estimate of drug-likeness (QED) is 0.703. The molecule has 0 amide bonds. The topological polar surface area (TPSA) is 34.2 Å². The number of ether oxygens (including phenoxy) is 1. The Morgan fingerprint density at radius 3 is 2.82 bits per heavy atom. The number of unbranched alkanes of at least 4 members (excludes halogenated alkanes) is 2. The number of nitrogens with zero attached hydrogens (tertiary/aromatic N) is 1. The minimum atomic E-state index is 0.379. The minimum Gasteiger partial charge on any atom is -0.495 e. The first-order valence-corrected chi connectivity index (χ1v) is 6.54. The third kappa shape index (κ3) is 4.35. The highest BCUT2D eigenvalue weighted by atomic mass is 16.5. The number of aromatic nitrogens is 1. The molecule has 1 aromatic rings. The van der Waals surface area contributed by atoms with Crippen molar-refractivity contribution >= 4 is 0 Å². The summed E-state index contributed by atoms with van der Waals surface area (Å²) in [5, 5.41) is 3.52. The molecular weight excluding hydrogens is 212 g/mol. The highest BCUT2D eigenvalue weighted by Gasteiger charge is 2.14. The van der Waals surface area contributed by atoms with Crippen molar-refractivity contribution < 1.29 is 4.74 Å². The number of pyridine rings is 1. The van der Waals surface area contributed by atoms with Gasteiger partial charge in [0.2, 0.25) is 0 Å². The zero-order chi connectivity index (χ0) is 12.5. The van der Waals surface area contributed by atoms with Crippen LogP contribution < -0.4 is 10.1 Å². The van der Waals surface area contributed by atoms with E-state index in [9.17, 15) is 0 Å². The molecule has 1 aromatic heterocycles. The maximum atomic E-state index is 5.38. The second-order valence-electron chi connectivity index (χ2n) is 4.22. The largest absolute Gasteiger partial charge is 0.495 e. The Balaban J connectivity index is 2.73. The van der Waals surface area contributed by atoms with Crippen LogP contribution in [0.4, 0.5) is 0 Å². The Labute approximate surface area is 105 Å². The van der Waals surface area contributed by atoms with E-state index in [4.69, 9.17) is 4.74 Å². The summed E-state index contributed by atoms with van der Waals surface area (Å²) in [7, 11) is 1.70. The molecule has 0 fully saturated rings. The van der Waals surface area contributed by atoms with Gasteiger partial charge in [0.25, 0.3) is 0 Å². The molecule has 1 N–H and O–H groups in total. The SMILES string of the molecule is CCCCCC(NCC)c1ccncc1OC. The van der Waals surface area contributed by atoms with Gasteiger partial charge in [0.1, 0.15) is 5.75 Å². The summed E-state index contributed by atoms with van der Waals surface area (Å²) in [6.07, 6.45) is 8.57. The number of hydrogen-bond donors (Lipinski definition) is 1. The maximum Gasteiger partial charge on any atom is 0.141 e. The van der Waals surface area contributed by atoms with Crippen molar-refractivity contribution in [1.82, 2.24) is 10.3 Å². The second kappa shape index (κ2) is 8.07.